The summed E-state index contributed by atoms with van der Waals surface area (Å²) in [6.07, 6.45) is 0. The van der Waals surface area contributed by atoms with E-state index in [2.05, 4.69) is 10.3 Å². The van der Waals surface area contributed by atoms with Gasteiger partial charge in [0, 0.05) is 18.8 Å². The minimum absolute atomic E-state index is 0.221. The van der Waals surface area contributed by atoms with Crippen LogP contribution in [-0.2, 0) is 9.53 Å². The molecular formula is C21H19N5O3. The first-order valence-corrected chi connectivity index (χ1v) is 9.25. The van der Waals surface area contributed by atoms with Crippen molar-refractivity contribution >= 4 is 28.4 Å². The Balaban J connectivity index is 1.52. The molecule has 1 aliphatic heterocycles. The highest BCUT2D eigenvalue weighted by Crippen LogP contribution is 2.27. The van der Waals surface area contributed by atoms with Gasteiger partial charge in [-0.3, -0.25) is 4.79 Å². The fourth-order valence-electron chi connectivity index (χ4n) is 3.05. The molecule has 0 aliphatic carbocycles. The van der Waals surface area contributed by atoms with Crippen molar-refractivity contribution in [3.05, 3.63) is 54.1 Å². The maximum absolute atomic E-state index is 12.3. The van der Waals surface area contributed by atoms with Crippen LogP contribution < -0.4 is 15.0 Å². The van der Waals surface area contributed by atoms with E-state index in [0.29, 0.717) is 54.8 Å². The van der Waals surface area contributed by atoms with Gasteiger partial charge in [0.25, 0.3) is 11.8 Å². The number of aromatic nitrogens is 2. The third-order valence-corrected chi connectivity index (χ3v) is 4.45. The van der Waals surface area contributed by atoms with Crippen LogP contribution in [-0.4, -0.2) is 48.8 Å². The van der Waals surface area contributed by atoms with E-state index in [4.69, 9.17) is 19.7 Å². The minimum Gasteiger partial charge on any atom is -0.465 e. The summed E-state index contributed by atoms with van der Waals surface area (Å²) in [5, 5.41) is 11.7. The number of hydrogen-bond donors (Lipinski definition) is 1. The van der Waals surface area contributed by atoms with Crippen molar-refractivity contribution in [3.8, 4) is 11.9 Å². The number of amides is 1. The lowest BCUT2D eigenvalue weighted by atomic mass is 10.2. The third-order valence-electron chi connectivity index (χ3n) is 4.45. The lowest BCUT2D eigenvalue weighted by Crippen LogP contribution is -2.37. The average molecular weight is 389 g/mol. The smallest absolute Gasteiger partial charge is 0.262 e. The number of nitriles is 1. The van der Waals surface area contributed by atoms with E-state index in [0.717, 1.165) is 5.52 Å². The van der Waals surface area contributed by atoms with Crippen LogP contribution in [0.15, 0.2) is 48.5 Å². The van der Waals surface area contributed by atoms with E-state index in [-0.39, 0.29) is 12.5 Å². The molecule has 1 N–H and O–H groups in total. The van der Waals surface area contributed by atoms with Gasteiger partial charge in [-0.1, -0.05) is 18.2 Å². The second-order valence-corrected chi connectivity index (χ2v) is 6.47. The van der Waals surface area contributed by atoms with Crippen LogP contribution in [0.4, 0.5) is 11.5 Å². The van der Waals surface area contributed by atoms with Gasteiger partial charge in [0.15, 0.2) is 12.4 Å². The monoisotopic (exact) mass is 389 g/mol. The largest absolute Gasteiger partial charge is 0.465 e. The van der Waals surface area contributed by atoms with E-state index in [1.165, 1.54) is 0 Å². The molecule has 2 aromatic carbocycles. The molecule has 0 radical (unpaired) electrons. The van der Waals surface area contributed by atoms with Gasteiger partial charge in [-0.15, -0.1) is 0 Å². The number of fused-ring (bicyclic) bond motifs is 1. The summed E-state index contributed by atoms with van der Waals surface area (Å²) in [5.41, 5.74) is 2.47. The lowest BCUT2D eigenvalue weighted by molar-refractivity contribution is -0.118. The Hall–Kier alpha value is -3.70. The Morgan fingerprint density at radius 1 is 1.14 bits per heavy atom. The quantitative estimate of drug-likeness (QED) is 0.715. The summed E-state index contributed by atoms with van der Waals surface area (Å²) < 4.78 is 11.2. The second-order valence-electron chi connectivity index (χ2n) is 6.47. The summed E-state index contributed by atoms with van der Waals surface area (Å²) in [6.45, 7) is 2.33. The number of benzene rings is 2. The summed E-state index contributed by atoms with van der Waals surface area (Å²) in [5.74, 6) is 0.570. The molecule has 8 heteroatoms. The molecule has 3 aromatic rings. The van der Waals surface area contributed by atoms with Gasteiger partial charge in [0.05, 0.1) is 35.9 Å². The predicted octanol–water partition coefficient (Wildman–Crippen LogP) is 2.36. The van der Waals surface area contributed by atoms with Gasteiger partial charge in [0.2, 0.25) is 0 Å². The van der Waals surface area contributed by atoms with E-state index < -0.39 is 0 Å². The number of nitrogens with one attached hydrogen (secondary N) is 1. The number of carbonyl (C=O) groups is 1. The van der Waals surface area contributed by atoms with Crippen molar-refractivity contribution in [3.63, 3.8) is 0 Å². The minimum atomic E-state index is -0.344. The van der Waals surface area contributed by atoms with Crippen molar-refractivity contribution in [2.24, 2.45) is 0 Å². The van der Waals surface area contributed by atoms with Crippen LogP contribution in [0.3, 0.4) is 0 Å². The number of rotatable bonds is 5. The molecule has 1 fully saturated rings. The molecule has 0 spiro atoms. The number of nitrogens with zero attached hydrogens (tertiary/aromatic N) is 4. The van der Waals surface area contributed by atoms with E-state index in [9.17, 15) is 4.79 Å². The van der Waals surface area contributed by atoms with Gasteiger partial charge in [-0.25, -0.2) is 9.97 Å². The molecule has 0 atom stereocenters. The van der Waals surface area contributed by atoms with Gasteiger partial charge in [0.1, 0.15) is 0 Å². The summed E-state index contributed by atoms with van der Waals surface area (Å²) in [6, 6.07) is 16.3. The zero-order valence-corrected chi connectivity index (χ0v) is 15.7. The van der Waals surface area contributed by atoms with Crippen LogP contribution in [0.25, 0.3) is 11.0 Å². The van der Waals surface area contributed by atoms with Gasteiger partial charge < -0.3 is 19.7 Å². The number of carbonyl (C=O) groups excluding carboxylic acids is 1. The SMILES string of the molecule is N#Cc1cccc(NC(=O)COc2nc3ccccc3nc2N2CCOCC2)c1. The molecule has 146 valence electrons. The molecule has 2 heterocycles. The summed E-state index contributed by atoms with van der Waals surface area (Å²) in [4.78, 5) is 23.6. The van der Waals surface area contributed by atoms with Gasteiger partial charge >= 0.3 is 0 Å². The standard InChI is InChI=1S/C21H19N5O3/c22-13-15-4-3-5-16(12-15)23-19(27)14-29-21-20(26-8-10-28-11-9-26)24-17-6-1-2-7-18(17)25-21/h1-7,12H,8-11,14H2,(H,23,27). The Kier molecular flexibility index (Phi) is 5.49. The van der Waals surface area contributed by atoms with Crippen LogP contribution >= 0.6 is 0 Å². The first-order valence-electron chi connectivity index (χ1n) is 9.25. The molecule has 1 aromatic heterocycles. The predicted molar refractivity (Wildman–Crippen MR) is 108 cm³/mol. The highest BCUT2D eigenvalue weighted by Gasteiger charge is 2.20. The molecule has 4 rings (SSSR count). The van der Waals surface area contributed by atoms with Crippen LogP contribution in [0.5, 0.6) is 5.88 Å². The zero-order chi connectivity index (χ0) is 20.1. The van der Waals surface area contributed by atoms with E-state index in [1.807, 2.05) is 35.2 Å². The molecule has 1 saturated heterocycles. The normalized spacial score (nSPS) is 13.7. The Bertz CT molecular complexity index is 1070. The van der Waals surface area contributed by atoms with E-state index >= 15 is 0 Å². The molecule has 1 amide bonds. The number of para-hydroxylation sites is 2. The van der Waals surface area contributed by atoms with Crippen LogP contribution in [0.2, 0.25) is 0 Å². The Morgan fingerprint density at radius 2 is 1.90 bits per heavy atom. The van der Waals surface area contributed by atoms with E-state index in [1.54, 1.807) is 24.3 Å². The molecular weight excluding hydrogens is 370 g/mol. The third kappa shape index (κ3) is 4.42. The molecule has 8 nitrogen and oxygen atoms in total. The van der Waals surface area contributed by atoms with Crippen molar-refractivity contribution in [1.29, 1.82) is 5.26 Å². The van der Waals surface area contributed by atoms with Crippen molar-refractivity contribution < 1.29 is 14.3 Å². The Labute approximate surface area is 167 Å². The fraction of sp³-hybridized carbons (Fsp3) is 0.238. The van der Waals surface area contributed by atoms with Crippen LogP contribution in [0.1, 0.15) is 5.56 Å². The molecule has 0 unspecified atom stereocenters. The zero-order valence-electron chi connectivity index (χ0n) is 15.7. The second kappa shape index (κ2) is 8.54. The average Bonchev–Trinajstić information content (AvgIpc) is 2.77. The molecule has 1 aliphatic rings. The van der Waals surface area contributed by atoms with Gasteiger partial charge in [-0.2, -0.15) is 5.26 Å². The number of ether oxygens (including phenoxy) is 2. The fourth-order valence-corrected chi connectivity index (χ4v) is 3.05. The van der Waals surface area contributed by atoms with Gasteiger partial charge in [-0.05, 0) is 30.3 Å². The topological polar surface area (TPSA) is 100 Å². The summed E-state index contributed by atoms with van der Waals surface area (Å²) >= 11 is 0. The van der Waals surface area contributed by atoms with Crippen molar-refractivity contribution in [1.82, 2.24) is 9.97 Å². The highest BCUT2D eigenvalue weighted by molar-refractivity contribution is 5.92. The highest BCUT2D eigenvalue weighted by atomic mass is 16.5. The van der Waals surface area contributed by atoms with Crippen molar-refractivity contribution in [2.45, 2.75) is 0 Å². The number of morpholine rings is 1. The van der Waals surface area contributed by atoms with Crippen LogP contribution in [0, 0.1) is 11.3 Å². The lowest BCUT2D eigenvalue weighted by Gasteiger charge is -2.28. The first kappa shape index (κ1) is 18.7. The number of hydrogen-bond acceptors (Lipinski definition) is 7. The number of anilines is 2. The Morgan fingerprint density at radius 3 is 2.66 bits per heavy atom. The molecule has 29 heavy (non-hydrogen) atoms. The summed E-state index contributed by atoms with van der Waals surface area (Å²) in [7, 11) is 0. The molecule has 0 saturated carbocycles. The maximum atomic E-state index is 12.3. The first-order chi connectivity index (χ1) is 14.2. The maximum Gasteiger partial charge on any atom is 0.262 e. The molecule has 0 bridgehead atoms. The van der Waals surface area contributed by atoms with Crippen molar-refractivity contribution in [2.75, 3.05) is 43.1 Å².